The first-order valence-corrected chi connectivity index (χ1v) is 6.14. The van der Waals surface area contributed by atoms with Crippen LogP contribution in [0.2, 0.25) is 0 Å². The fourth-order valence-corrected chi connectivity index (χ4v) is 1.61. The minimum atomic E-state index is -4.39. The molecule has 1 aromatic rings. The summed E-state index contributed by atoms with van der Waals surface area (Å²) in [5.74, 6) is 0. The molecule has 0 aliphatic heterocycles. The first-order chi connectivity index (χ1) is 9.59. The first-order valence-electron chi connectivity index (χ1n) is 6.14. The highest BCUT2D eigenvalue weighted by molar-refractivity contribution is 5.26. The van der Waals surface area contributed by atoms with Gasteiger partial charge in [-0.25, -0.2) is 0 Å². The molecular formula is C13H15F6NO. The van der Waals surface area contributed by atoms with E-state index in [0.717, 1.165) is 12.1 Å². The Hall–Kier alpha value is -1.28. The van der Waals surface area contributed by atoms with Crippen molar-refractivity contribution in [3.05, 3.63) is 35.4 Å². The third kappa shape index (κ3) is 6.81. The molecule has 120 valence electrons. The van der Waals surface area contributed by atoms with Gasteiger partial charge >= 0.3 is 12.4 Å². The molecule has 1 rings (SSSR count). The van der Waals surface area contributed by atoms with E-state index in [2.05, 4.69) is 10.1 Å². The summed E-state index contributed by atoms with van der Waals surface area (Å²) >= 11 is 0. The van der Waals surface area contributed by atoms with Crippen molar-refractivity contribution in [2.45, 2.75) is 25.3 Å². The van der Waals surface area contributed by atoms with Gasteiger partial charge in [-0.1, -0.05) is 12.1 Å². The molecule has 0 spiro atoms. The van der Waals surface area contributed by atoms with Gasteiger partial charge in [-0.2, -0.15) is 26.3 Å². The lowest BCUT2D eigenvalue weighted by atomic mass is 10.1. The maximum atomic E-state index is 12.4. The molecule has 2 nitrogen and oxygen atoms in total. The Morgan fingerprint density at radius 3 is 2.10 bits per heavy atom. The number of nitrogens with one attached hydrogen (secondary N) is 1. The molecule has 0 aromatic heterocycles. The molecule has 1 unspecified atom stereocenters. The minimum Gasteiger partial charge on any atom is -0.371 e. The van der Waals surface area contributed by atoms with E-state index in [9.17, 15) is 26.3 Å². The van der Waals surface area contributed by atoms with Gasteiger partial charge in [0.25, 0.3) is 0 Å². The maximum absolute atomic E-state index is 12.4. The Balaban J connectivity index is 2.37. The smallest absolute Gasteiger partial charge is 0.371 e. The molecule has 8 heteroatoms. The van der Waals surface area contributed by atoms with E-state index in [4.69, 9.17) is 0 Å². The Morgan fingerprint density at radius 1 is 1.05 bits per heavy atom. The van der Waals surface area contributed by atoms with Crippen LogP contribution >= 0.6 is 0 Å². The average Bonchev–Trinajstić information content (AvgIpc) is 2.36. The molecule has 21 heavy (non-hydrogen) atoms. The van der Waals surface area contributed by atoms with Crippen LogP contribution in [0.25, 0.3) is 0 Å². The second-order valence-electron chi connectivity index (χ2n) is 4.46. The fraction of sp³-hybridized carbons (Fsp3) is 0.538. The predicted molar refractivity (Wildman–Crippen MR) is 64.7 cm³/mol. The van der Waals surface area contributed by atoms with Crippen molar-refractivity contribution in [1.82, 2.24) is 5.32 Å². The molecule has 1 atom stereocenters. The van der Waals surface area contributed by atoms with E-state index < -0.39 is 24.5 Å². The van der Waals surface area contributed by atoms with Crippen LogP contribution in [0.3, 0.4) is 0 Å². The summed E-state index contributed by atoms with van der Waals surface area (Å²) in [4.78, 5) is 0. The zero-order chi connectivity index (χ0) is 16.1. The molecule has 0 saturated heterocycles. The van der Waals surface area contributed by atoms with Gasteiger partial charge in [0.1, 0.15) is 6.61 Å². The van der Waals surface area contributed by atoms with Crippen molar-refractivity contribution >= 4 is 0 Å². The lowest BCUT2D eigenvalue weighted by molar-refractivity contribution is -0.173. The van der Waals surface area contributed by atoms with E-state index in [-0.39, 0.29) is 19.2 Å². The van der Waals surface area contributed by atoms with Crippen LogP contribution in [-0.2, 0) is 10.9 Å². The van der Waals surface area contributed by atoms with E-state index in [1.165, 1.54) is 12.1 Å². The lowest BCUT2D eigenvalue weighted by Crippen LogP contribution is -2.26. The van der Waals surface area contributed by atoms with E-state index in [1.807, 2.05) is 0 Å². The standard InChI is InChI=1S/C13H15F6NO/c1-9(20-6-7-21-8-12(14,15)16)10-2-4-11(5-3-10)13(17,18)19/h2-5,9,20H,6-8H2,1H3. The summed E-state index contributed by atoms with van der Waals surface area (Å²) in [5, 5.41) is 2.87. The lowest BCUT2D eigenvalue weighted by Gasteiger charge is -2.15. The summed E-state index contributed by atoms with van der Waals surface area (Å²) < 4.78 is 77.0. The van der Waals surface area contributed by atoms with Crippen molar-refractivity contribution in [2.24, 2.45) is 0 Å². The summed E-state index contributed by atoms with van der Waals surface area (Å²) in [6, 6.07) is 4.30. The second-order valence-corrected chi connectivity index (χ2v) is 4.46. The van der Waals surface area contributed by atoms with Crippen LogP contribution < -0.4 is 5.32 Å². The molecule has 0 radical (unpaired) electrons. The molecule has 0 heterocycles. The number of rotatable bonds is 6. The number of alkyl halides is 6. The Labute approximate surface area is 118 Å². The van der Waals surface area contributed by atoms with Crippen molar-refractivity contribution in [1.29, 1.82) is 0 Å². The second kappa shape index (κ2) is 7.13. The van der Waals surface area contributed by atoms with Gasteiger partial charge in [0.15, 0.2) is 0 Å². The van der Waals surface area contributed by atoms with Crippen LogP contribution in [0.4, 0.5) is 26.3 Å². The molecular weight excluding hydrogens is 300 g/mol. The normalized spacial score (nSPS) is 14.2. The quantitative estimate of drug-likeness (QED) is 0.634. The molecule has 0 aliphatic rings. The Morgan fingerprint density at radius 2 is 1.62 bits per heavy atom. The van der Waals surface area contributed by atoms with Gasteiger partial charge in [0.2, 0.25) is 0 Å². The highest BCUT2D eigenvalue weighted by Crippen LogP contribution is 2.29. The summed E-state index contributed by atoms with van der Waals surface area (Å²) in [7, 11) is 0. The number of hydrogen-bond acceptors (Lipinski definition) is 2. The van der Waals surface area contributed by atoms with Gasteiger partial charge in [-0.3, -0.25) is 0 Å². The first kappa shape index (κ1) is 17.8. The zero-order valence-electron chi connectivity index (χ0n) is 11.2. The molecule has 0 fully saturated rings. The van der Waals surface area contributed by atoms with E-state index in [0.29, 0.717) is 5.56 Å². The van der Waals surface area contributed by atoms with Gasteiger partial charge in [0.05, 0.1) is 12.2 Å². The van der Waals surface area contributed by atoms with Crippen LogP contribution in [0.5, 0.6) is 0 Å². The monoisotopic (exact) mass is 315 g/mol. The maximum Gasteiger partial charge on any atom is 0.416 e. The van der Waals surface area contributed by atoms with Crippen LogP contribution in [0.15, 0.2) is 24.3 Å². The Kier molecular flexibility index (Phi) is 6.03. The summed E-state index contributed by atoms with van der Waals surface area (Å²) in [6.07, 6.45) is -8.75. The van der Waals surface area contributed by atoms with Crippen molar-refractivity contribution in [2.75, 3.05) is 19.8 Å². The van der Waals surface area contributed by atoms with E-state index >= 15 is 0 Å². The largest absolute Gasteiger partial charge is 0.416 e. The van der Waals surface area contributed by atoms with Gasteiger partial charge in [-0.05, 0) is 24.6 Å². The van der Waals surface area contributed by atoms with Gasteiger partial charge in [-0.15, -0.1) is 0 Å². The average molecular weight is 315 g/mol. The van der Waals surface area contributed by atoms with E-state index in [1.54, 1.807) is 6.92 Å². The van der Waals surface area contributed by atoms with Gasteiger partial charge in [0, 0.05) is 12.6 Å². The minimum absolute atomic E-state index is 0.134. The van der Waals surface area contributed by atoms with Crippen LogP contribution in [0, 0.1) is 0 Å². The highest BCUT2D eigenvalue weighted by atomic mass is 19.4. The summed E-state index contributed by atoms with van der Waals surface area (Å²) in [6.45, 7) is 0.415. The third-order valence-corrected chi connectivity index (χ3v) is 2.70. The molecule has 0 bridgehead atoms. The third-order valence-electron chi connectivity index (χ3n) is 2.70. The molecule has 1 N–H and O–H groups in total. The number of benzene rings is 1. The number of ether oxygens (including phenoxy) is 1. The fourth-order valence-electron chi connectivity index (χ4n) is 1.61. The topological polar surface area (TPSA) is 21.3 Å². The van der Waals surface area contributed by atoms with Crippen molar-refractivity contribution in [3.63, 3.8) is 0 Å². The predicted octanol–water partition coefficient (Wildman–Crippen LogP) is 3.93. The highest BCUT2D eigenvalue weighted by Gasteiger charge is 2.30. The Bertz CT molecular complexity index is 426. The zero-order valence-corrected chi connectivity index (χ0v) is 11.2. The van der Waals surface area contributed by atoms with Crippen LogP contribution in [0.1, 0.15) is 24.1 Å². The molecule has 0 saturated carbocycles. The molecule has 0 aliphatic carbocycles. The number of hydrogen-bond donors (Lipinski definition) is 1. The number of halogens is 6. The SMILES string of the molecule is CC(NCCOCC(F)(F)F)c1ccc(C(F)(F)F)cc1. The molecule has 1 aromatic carbocycles. The van der Waals surface area contributed by atoms with Crippen LogP contribution in [-0.4, -0.2) is 25.9 Å². The van der Waals surface area contributed by atoms with Crippen molar-refractivity contribution in [3.8, 4) is 0 Å². The van der Waals surface area contributed by atoms with Gasteiger partial charge < -0.3 is 10.1 Å². The molecule has 0 amide bonds. The summed E-state index contributed by atoms with van der Waals surface area (Å²) in [5.41, 5.74) is -0.134. The van der Waals surface area contributed by atoms with Crippen molar-refractivity contribution < 1.29 is 31.1 Å².